The van der Waals surface area contributed by atoms with Crippen molar-refractivity contribution in [2.45, 2.75) is 64.8 Å². The summed E-state index contributed by atoms with van der Waals surface area (Å²) in [5, 5.41) is 11.0. The van der Waals surface area contributed by atoms with Crippen LogP contribution in [0.15, 0.2) is 28.7 Å². The summed E-state index contributed by atoms with van der Waals surface area (Å²) in [6.07, 6.45) is -1.13. The van der Waals surface area contributed by atoms with Crippen LogP contribution >= 0.6 is 15.9 Å². The van der Waals surface area contributed by atoms with E-state index in [0.717, 1.165) is 4.47 Å². The molecule has 2 rings (SSSR count). The van der Waals surface area contributed by atoms with Crippen molar-refractivity contribution in [1.82, 2.24) is 0 Å². The number of hydrogen-bond donors (Lipinski definition) is 1. The molecule has 0 aromatic heterocycles. The molecule has 1 saturated carbocycles. The van der Waals surface area contributed by atoms with Crippen molar-refractivity contribution >= 4 is 33.7 Å². The molecule has 1 aliphatic rings. The summed E-state index contributed by atoms with van der Waals surface area (Å²) in [6, 6.07) is 6.99. The van der Waals surface area contributed by atoms with E-state index in [2.05, 4.69) is 15.9 Å². The van der Waals surface area contributed by atoms with Crippen LogP contribution in [0.3, 0.4) is 0 Å². The molecular weight excluding hydrogens is 428 g/mol. The molecule has 0 spiro atoms. The predicted molar refractivity (Wildman–Crippen MR) is 107 cm³/mol. The monoisotopic (exact) mass is 454 g/mol. The van der Waals surface area contributed by atoms with E-state index in [9.17, 15) is 19.5 Å². The normalized spacial score (nSPS) is 27.8. The van der Waals surface area contributed by atoms with E-state index in [1.807, 2.05) is 0 Å². The van der Waals surface area contributed by atoms with E-state index in [4.69, 9.17) is 9.47 Å². The minimum absolute atomic E-state index is 0.324. The zero-order chi connectivity index (χ0) is 21.2. The van der Waals surface area contributed by atoms with Gasteiger partial charge in [-0.3, -0.25) is 14.4 Å². The van der Waals surface area contributed by atoms with Crippen molar-refractivity contribution in [3.8, 4) is 0 Å². The van der Waals surface area contributed by atoms with Crippen LogP contribution < -0.4 is 0 Å². The zero-order valence-electron chi connectivity index (χ0n) is 16.8. The third-order valence-electron chi connectivity index (χ3n) is 4.73. The van der Waals surface area contributed by atoms with Crippen molar-refractivity contribution < 1.29 is 29.0 Å². The summed E-state index contributed by atoms with van der Waals surface area (Å²) < 4.78 is 11.5. The van der Waals surface area contributed by atoms with Gasteiger partial charge in [-0.15, -0.1) is 0 Å². The fraction of sp³-hybridized carbons (Fsp3) is 0.571. The highest BCUT2D eigenvalue weighted by molar-refractivity contribution is 9.10. The van der Waals surface area contributed by atoms with Crippen molar-refractivity contribution in [2.24, 2.45) is 11.8 Å². The molecule has 1 aliphatic carbocycles. The average molecular weight is 455 g/mol. The lowest BCUT2D eigenvalue weighted by Crippen LogP contribution is -2.55. The minimum Gasteiger partial charge on any atom is -0.463 e. The molecule has 7 heteroatoms. The van der Waals surface area contributed by atoms with Gasteiger partial charge in [0.2, 0.25) is 0 Å². The number of esters is 2. The molecule has 1 fully saturated rings. The Morgan fingerprint density at radius 1 is 1.07 bits per heavy atom. The molecule has 0 bridgehead atoms. The lowest BCUT2D eigenvalue weighted by atomic mass is 9.61. The van der Waals surface area contributed by atoms with Gasteiger partial charge in [-0.1, -0.05) is 28.1 Å². The second-order valence-electron chi connectivity index (χ2n) is 8.00. The molecular formula is C21H27BrO6. The Balaban J connectivity index is 2.59. The number of ether oxygens (including phenoxy) is 2. The molecule has 1 N–H and O–H groups in total. The molecule has 0 amide bonds. The number of ketones is 1. The van der Waals surface area contributed by atoms with Crippen LogP contribution in [0.1, 0.15) is 52.5 Å². The quantitative estimate of drug-likeness (QED) is 0.541. The number of Topliss-reactive ketones (excluding diaryl/α,β-unsaturated/α-hetero) is 1. The minimum atomic E-state index is -1.64. The van der Waals surface area contributed by atoms with Gasteiger partial charge < -0.3 is 14.6 Å². The lowest BCUT2D eigenvalue weighted by Gasteiger charge is -2.44. The zero-order valence-corrected chi connectivity index (χ0v) is 18.4. The average Bonchev–Trinajstić information content (AvgIpc) is 2.52. The Morgan fingerprint density at radius 3 is 2.07 bits per heavy atom. The van der Waals surface area contributed by atoms with E-state index < -0.39 is 53.3 Å². The van der Waals surface area contributed by atoms with E-state index in [1.165, 1.54) is 6.92 Å². The highest BCUT2D eigenvalue weighted by Crippen LogP contribution is 2.47. The van der Waals surface area contributed by atoms with Crippen molar-refractivity contribution in [3.05, 3.63) is 34.3 Å². The molecule has 6 nitrogen and oxygen atoms in total. The summed E-state index contributed by atoms with van der Waals surface area (Å²) in [5.41, 5.74) is -1.05. The molecule has 0 unspecified atom stereocenters. The largest absolute Gasteiger partial charge is 0.463 e. The Hall–Kier alpha value is -1.73. The number of rotatable bonds is 5. The van der Waals surface area contributed by atoms with Crippen LogP contribution in [-0.4, -0.2) is 40.6 Å². The van der Waals surface area contributed by atoms with Gasteiger partial charge in [0.15, 0.2) is 5.78 Å². The molecule has 0 radical (unpaired) electrons. The first kappa shape index (κ1) is 22.6. The van der Waals surface area contributed by atoms with E-state index >= 15 is 0 Å². The van der Waals surface area contributed by atoms with Gasteiger partial charge >= 0.3 is 11.9 Å². The summed E-state index contributed by atoms with van der Waals surface area (Å²) in [7, 11) is 0. The van der Waals surface area contributed by atoms with Gasteiger partial charge in [-0.05, 0) is 52.3 Å². The summed E-state index contributed by atoms with van der Waals surface area (Å²) in [4.78, 5) is 38.6. The molecule has 0 heterocycles. The Labute approximate surface area is 173 Å². The molecule has 1 aromatic carbocycles. The van der Waals surface area contributed by atoms with Gasteiger partial charge in [0, 0.05) is 16.8 Å². The first-order chi connectivity index (χ1) is 12.9. The summed E-state index contributed by atoms with van der Waals surface area (Å²) in [6.45, 7) is 8.24. The van der Waals surface area contributed by atoms with Crippen molar-refractivity contribution in [2.75, 3.05) is 0 Å². The molecule has 0 aliphatic heterocycles. The third kappa shape index (κ3) is 5.00. The number of hydrogen-bond acceptors (Lipinski definition) is 6. The van der Waals surface area contributed by atoms with Gasteiger partial charge in [-0.2, -0.15) is 0 Å². The second-order valence-corrected chi connectivity index (χ2v) is 8.92. The van der Waals surface area contributed by atoms with Crippen molar-refractivity contribution in [1.29, 1.82) is 0 Å². The molecule has 1 aromatic rings. The topological polar surface area (TPSA) is 89.9 Å². The highest BCUT2D eigenvalue weighted by Gasteiger charge is 2.57. The first-order valence-corrected chi connectivity index (χ1v) is 10.1. The smallest absolute Gasteiger partial charge is 0.317 e. The summed E-state index contributed by atoms with van der Waals surface area (Å²) in [5.74, 6) is -4.93. The van der Waals surface area contributed by atoms with Crippen LogP contribution in [0.25, 0.3) is 0 Å². The molecule has 4 atom stereocenters. The maximum absolute atomic E-state index is 12.9. The van der Waals surface area contributed by atoms with E-state index in [0.29, 0.717) is 5.56 Å². The maximum Gasteiger partial charge on any atom is 0.317 e. The van der Waals surface area contributed by atoms with Gasteiger partial charge in [0.25, 0.3) is 0 Å². The van der Waals surface area contributed by atoms with E-state index in [1.54, 1.807) is 52.0 Å². The Morgan fingerprint density at radius 2 is 1.57 bits per heavy atom. The van der Waals surface area contributed by atoms with Crippen LogP contribution in [0.4, 0.5) is 0 Å². The highest BCUT2D eigenvalue weighted by atomic mass is 79.9. The van der Waals surface area contributed by atoms with Crippen molar-refractivity contribution in [3.63, 3.8) is 0 Å². The number of benzene rings is 1. The molecule has 0 saturated heterocycles. The van der Waals surface area contributed by atoms with Crippen LogP contribution in [0, 0.1) is 11.8 Å². The fourth-order valence-corrected chi connectivity index (χ4v) is 3.98. The molecule has 28 heavy (non-hydrogen) atoms. The number of halogens is 1. The van der Waals surface area contributed by atoms with Crippen LogP contribution in [0.2, 0.25) is 0 Å². The van der Waals surface area contributed by atoms with Crippen LogP contribution in [0.5, 0.6) is 0 Å². The summed E-state index contributed by atoms with van der Waals surface area (Å²) >= 11 is 3.36. The Kier molecular flexibility index (Phi) is 7.04. The number of aliphatic hydroxyl groups is 1. The van der Waals surface area contributed by atoms with Gasteiger partial charge in [-0.25, -0.2) is 0 Å². The van der Waals surface area contributed by atoms with E-state index in [-0.39, 0.29) is 6.42 Å². The maximum atomic E-state index is 12.9. The standard InChI is InChI=1S/C21H27BrO6/c1-11(2)27-19(24)17-15(23)10-21(5,26)18(20(25)28-12(3)4)16(17)13-6-8-14(22)9-7-13/h6-9,11-12,16-18,26H,10H2,1-5H3/t16-,17+,18-,21-/m0/s1. The van der Waals surface area contributed by atoms with Gasteiger partial charge in [0.05, 0.1) is 23.7 Å². The fourth-order valence-electron chi connectivity index (χ4n) is 3.71. The first-order valence-electron chi connectivity index (χ1n) is 9.35. The lowest BCUT2D eigenvalue weighted by molar-refractivity contribution is -0.176. The number of carbonyl (C=O) groups excluding carboxylic acids is 3. The Bertz CT molecular complexity index is 730. The van der Waals surface area contributed by atoms with Crippen LogP contribution in [-0.2, 0) is 23.9 Å². The third-order valence-corrected chi connectivity index (χ3v) is 5.26. The second kappa shape index (κ2) is 8.74. The number of carbonyl (C=O) groups is 3. The predicted octanol–water partition coefficient (Wildman–Crippen LogP) is 3.39. The SMILES string of the molecule is CC(C)OC(=O)[C@@H]1C(=O)C[C@](C)(O)[C@H](C(=O)OC(C)C)[C@H]1c1ccc(Br)cc1. The van der Waals surface area contributed by atoms with Gasteiger partial charge in [0.1, 0.15) is 5.92 Å². The molecule has 154 valence electrons.